The number of nitro groups is 1. The van der Waals surface area contributed by atoms with Crippen LogP contribution >= 0.6 is 0 Å². The summed E-state index contributed by atoms with van der Waals surface area (Å²) in [6.45, 7) is 0. The third-order valence-electron chi connectivity index (χ3n) is 5.42. The minimum Gasteiger partial charge on any atom is -0.502 e. The van der Waals surface area contributed by atoms with Crippen LogP contribution in [0.5, 0.6) is 5.75 Å². The number of benzene rings is 3. The van der Waals surface area contributed by atoms with E-state index in [0.29, 0.717) is 11.1 Å². The van der Waals surface area contributed by atoms with E-state index in [2.05, 4.69) is 10.6 Å². The van der Waals surface area contributed by atoms with Gasteiger partial charge in [-0.3, -0.25) is 19.7 Å². The third kappa shape index (κ3) is 6.89. The molecule has 0 aliphatic carbocycles. The highest BCUT2D eigenvalue weighted by molar-refractivity contribution is 5.98. The van der Waals surface area contributed by atoms with Crippen LogP contribution in [0.15, 0.2) is 78.9 Å². The molecule has 3 N–H and O–H groups in total. The summed E-state index contributed by atoms with van der Waals surface area (Å²) in [6, 6.07) is 18.7. The maximum absolute atomic E-state index is 13.3. The molecule has 10 nitrogen and oxygen atoms in total. The first-order valence-corrected chi connectivity index (χ1v) is 11.0. The second kappa shape index (κ2) is 12.1. The van der Waals surface area contributed by atoms with Crippen LogP contribution in [0.1, 0.15) is 21.5 Å². The van der Waals surface area contributed by atoms with Crippen molar-refractivity contribution in [1.29, 1.82) is 0 Å². The lowest BCUT2D eigenvalue weighted by Gasteiger charge is -2.22. The first-order chi connectivity index (χ1) is 17.3. The molecular formula is C26H25N3O7. The van der Waals surface area contributed by atoms with Crippen molar-refractivity contribution in [3.63, 3.8) is 0 Å². The summed E-state index contributed by atoms with van der Waals surface area (Å²) in [4.78, 5) is 49.0. The van der Waals surface area contributed by atoms with E-state index in [9.17, 15) is 29.6 Å². The number of nitrogens with one attached hydrogen (secondary N) is 2. The Balaban J connectivity index is 1.87. The average molecular weight is 492 g/mol. The van der Waals surface area contributed by atoms with E-state index in [4.69, 9.17) is 4.74 Å². The van der Waals surface area contributed by atoms with Gasteiger partial charge in [0, 0.05) is 24.5 Å². The van der Waals surface area contributed by atoms with Crippen LogP contribution in [0.3, 0.4) is 0 Å². The molecule has 2 atom stereocenters. The second-order valence-corrected chi connectivity index (χ2v) is 7.95. The number of phenolic OH excluding ortho intramolecular Hbond substituents is 1. The topological polar surface area (TPSA) is 148 Å². The molecule has 0 fully saturated rings. The second-order valence-electron chi connectivity index (χ2n) is 7.95. The van der Waals surface area contributed by atoms with Gasteiger partial charge in [0.05, 0.1) is 12.0 Å². The van der Waals surface area contributed by atoms with Gasteiger partial charge in [0.2, 0.25) is 5.91 Å². The number of carbonyl (C=O) groups is 3. The fourth-order valence-corrected chi connectivity index (χ4v) is 3.58. The van der Waals surface area contributed by atoms with E-state index < -0.39 is 46.2 Å². The standard InChI is InChI=1S/C26H25N3O7/c1-36-26(33)21(14-17-8-4-2-5-9-17)28-25(32)20(27-24(31)19-10-6-3-7-11-19)15-18-12-13-23(30)22(16-18)29(34)35/h2-13,16,20-21,30H,14-15H2,1H3,(H,27,31)(H,28,32)/t20-,21-/m0/s1. The van der Waals surface area contributed by atoms with Gasteiger partial charge < -0.3 is 20.5 Å². The van der Waals surface area contributed by atoms with Gasteiger partial charge in [-0.25, -0.2) is 4.79 Å². The smallest absolute Gasteiger partial charge is 0.328 e. The Labute approximate surface area is 207 Å². The summed E-state index contributed by atoms with van der Waals surface area (Å²) in [5, 5.41) is 26.2. The Hall–Kier alpha value is -4.73. The lowest BCUT2D eigenvalue weighted by molar-refractivity contribution is -0.385. The van der Waals surface area contributed by atoms with Crippen LogP contribution < -0.4 is 10.6 Å². The van der Waals surface area contributed by atoms with E-state index in [1.807, 2.05) is 6.07 Å². The summed E-state index contributed by atoms with van der Waals surface area (Å²) >= 11 is 0. The SMILES string of the molecule is COC(=O)[C@H](Cc1ccccc1)NC(=O)[C@H](Cc1ccc(O)c([N+](=O)[O-])c1)NC(=O)c1ccccc1. The summed E-state index contributed by atoms with van der Waals surface area (Å²) in [5.74, 6) is -2.41. The minimum absolute atomic E-state index is 0.134. The Morgan fingerprint density at radius 1 is 0.889 bits per heavy atom. The average Bonchev–Trinajstić information content (AvgIpc) is 2.89. The number of carbonyl (C=O) groups excluding carboxylic acids is 3. The van der Waals surface area contributed by atoms with Crippen molar-refractivity contribution >= 4 is 23.5 Å². The molecule has 0 aromatic heterocycles. The zero-order valence-electron chi connectivity index (χ0n) is 19.4. The minimum atomic E-state index is -1.19. The number of hydrogen-bond acceptors (Lipinski definition) is 7. The maximum atomic E-state index is 13.3. The molecule has 0 bridgehead atoms. The van der Waals surface area contributed by atoms with Gasteiger partial charge in [0.25, 0.3) is 5.91 Å². The van der Waals surface area contributed by atoms with Crippen LogP contribution in [0.4, 0.5) is 5.69 Å². The van der Waals surface area contributed by atoms with Gasteiger partial charge >= 0.3 is 11.7 Å². The molecule has 0 aliphatic rings. The summed E-state index contributed by atoms with van der Waals surface area (Å²) in [6.07, 6.45) is 0.0219. The molecule has 0 saturated heterocycles. The van der Waals surface area contributed by atoms with Crippen molar-refractivity contribution in [3.8, 4) is 5.75 Å². The van der Waals surface area contributed by atoms with Crippen LogP contribution in [-0.4, -0.2) is 47.0 Å². The molecule has 10 heteroatoms. The van der Waals surface area contributed by atoms with E-state index in [1.165, 1.54) is 13.2 Å². The molecule has 36 heavy (non-hydrogen) atoms. The van der Waals surface area contributed by atoms with Gasteiger partial charge in [-0.1, -0.05) is 54.6 Å². The number of nitro benzene ring substituents is 1. The Bertz CT molecular complexity index is 1230. The van der Waals surface area contributed by atoms with Crippen molar-refractivity contribution in [2.75, 3.05) is 7.11 Å². The van der Waals surface area contributed by atoms with Crippen molar-refractivity contribution in [1.82, 2.24) is 10.6 Å². The number of hydrogen-bond donors (Lipinski definition) is 3. The van der Waals surface area contributed by atoms with Gasteiger partial charge in [-0.05, 0) is 29.3 Å². The summed E-state index contributed by atoms with van der Waals surface area (Å²) in [7, 11) is 1.21. The summed E-state index contributed by atoms with van der Waals surface area (Å²) in [5.41, 5.74) is 0.885. The van der Waals surface area contributed by atoms with Gasteiger partial charge in [-0.2, -0.15) is 0 Å². The molecule has 3 rings (SSSR count). The van der Waals surface area contributed by atoms with Crippen LogP contribution in [0.25, 0.3) is 0 Å². The van der Waals surface area contributed by atoms with Gasteiger partial charge in [0.1, 0.15) is 12.1 Å². The molecule has 0 unspecified atom stereocenters. The molecule has 0 radical (unpaired) electrons. The number of nitrogens with zero attached hydrogens (tertiary/aromatic N) is 1. The molecular weight excluding hydrogens is 466 g/mol. The maximum Gasteiger partial charge on any atom is 0.328 e. The lowest BCUT2D eigenvalue weighted by Crippen LogP contribution is -2.53. The van der Waals surface area contributed by atoms with E-state index in [1.54, 1.807) is 54.6 Å². The number of esters is 1. The number of amides is 2. The predicted octanol–water partition coefficient (Wildman–Crippen LogP) is 2.54. The molecule has 2 amide bonds. The number of methoxy groups -OCH3 is 1. The van der Waals surface area contributed by atoms with Crippen LogP contribution in [-0.2, 0) is 27.2 Å². The molecule has 0 saturated carbocycles. The lowest BCUT2D eigenvalue weighted by atomic mass is 10.0. The Morgan fingerprint density at radius 3 is 2.11 bits per heavy atom. The molecule has 3 aromatic carbocycles. The molecule has 186 valence electrons. The number of ether oxygens (including phenoxy) is 1. The van der Waals surface area contributed by atoms with E-state index in [-0.39, 0.29) is 12.8 Å². The fraction of sp³-hybridized carbons (Fsp3) is 0.192. The normalized spacial score (nSPS) is 12.1. The van der Waals surface area contributed by atoms with Crippen LogP contribution in [0, 0.1) is 10.1 Å². The van der Waals surface area contributed by atoms with E-state index >= 15 is 0 Å². The molecule has 0 heterocycles. The Morgan fingerprint density at radius 2 is 1.50 bits per heavy atom. The zero-order chi connectivity index (χ0) is 26.1. The van der Waals surface area contributed by atoms with Gasteiger partial charge in [0.15, 0.2) is 5.75 Å². The van der Waals surface area contributed by atoms with Crippen molar-refractivity contribution in [2.45, 2.75) is 24.9 Å². The highest BCUT2D eigenvalue weighted by Crippen LogP contribution is 2.26. The zero-order valence-corrected chi connectivity index (χ0v) is 19.4. The highest BCUT2D eigenvalue weighted by atomic mass is 16.6. The van der Waals surface area contributed by atoms with Crippen LogP contribution in [0.2, 0.25) is 0 Å². The number of rotatable bonds is 10. The van der Waals surface area contributed by atoms with E-state index in [0.717, 1.165) is 17.7 Å². The monoisotopic (exact) mass is 491 g/mol. The molecule has 3 aromatic rings. The van der Waals surface area contributed by atoms with Gasteiger partial charge in [-0.15, -0.1) is 0 Å². The third-order valence-corrected chi connectivity index (χ3v) is 5.42. The fourth-order valence-electron chi connectivity index (χ4n) is 3.58. The predicted molar refractivity (Wildman–Crippen MR) is 130 cm³/mol. The number of aromatic hydroxyl groups is 1. The molecule has 0 aliphatic heterocycles. The molecule has 0 spiro atoms. The Kier molecular flexibility index (Phi) is 8.71. The van der Waals surface area contributed by atoms with Crippen molar-refractivity contribution in [3.05, 3.63) is 106 Å². The van der Waals surface area contributed by atoms with Crippen molar-refractivity contribution < 1.29 is 29.2 Å². The summed E-state index contributed by atoms with van der Waals surface area (Å²) < 4.78 is 4.85. The highest BCUT2D eigenvalue weighted by Gasteiger charge is 2.29. The van der Waals surface area contributed by atoms with Crippen molar-refractivity contribution in [2.24, 2.45) is 0 Å². The largest absolute Gasteiger partial charge is 0.502 e. The first kappa shape index (κ1) is 25.9. The quantitative estimate of drug-likeness (QED) is 0.224. The first-order valence-electron chi connectivity index (χ1n) is 11.0. The number of phenols is 1.